The first-order chi connectivity index (χ1) is 9.66. The molecule has 20 heavy (non-hydrogen) atoms. The Labute approximate surface area is 121 Å². The van der Waals surface area contributed by atoms with Gasteiger partial charge >= 0.3 is 0 Å². The van der Waals surface area contributed by atoms with E-state index in [1.807, 2.05) is 38.2 Å². The highest BCUT2D eigenvalue weighted by Crippen LogP contribution is 2.21. The molecule has 1 amide bonds. The van der Waals surface area contributed by atoms with Crippen LogP contribution in [-0.2, 0) is 4.79 Å². The molecule has 1 atom stereocenters. The van der Waals surface area contributed by atoms with Gasteiger partial charge in [-0.1, -0.05) is 30.4 Å². The van der Waals surface area contributed by atoms with E-state index in [-0.39, 0.29) is 5.91 Å². The Morgan fingerprint density at radius 1 is 1.40 bits per heavy atom. The van der Waals surface area contributed by atoms with Crippen molar-refractivity contribution in [2.24, 2.45) is 5.92 Å². The quantitative estimate of drug-likeness (QED) is 0.745. The van der Waals surface area contributed by atoms with Crippen molar-refractivity contribution in [1.29, 1.82) is 0 Å². The molecule has 1 aliphatic rings. The fraction of sp³-hybridized carbons (Fsp3) is 0.471. The number of carbonyl (C=O) groups is 1. The van der Waals surface area contributed by atoms with Gasteiger partial charge in [-0.15, -0.1) is 0 Å². The zero-order chi connectivity index (χ0) is 14.4. The molecule has 0 fully saturated rings. The summed E-state index contributed by atoms with van der Waals surface area (Å²) in [5.74, 6) is 1.53. The fourth-order valence-electron chi connectivity index (χ4n) is 2.38. The number of aryl methyl sites for hydroxylation is 1. The first-order valence-corrected chi connectivity index (χ1v) is 7.26. The highest BCUT2D eigenvalue weighted by molar-refractivity contribution is 5.76. The zero-order valence-corrected chi connectivity index (χ0v) is 12.3. The van der Waals surface area contributed by atoms with Gasteiger partial charge in [-0.2, -0.15) is 0 Å². The number of hydrogen-bond acceptors (Lipinski definition) is 2. The first kappa shape index (κ1) is 14.6. The van der Waals surface area contributed by atoms with Gasteiger partial charge in [-0.05, 0) is 37.3 Å². The molecule has 0 N–H and O–H groups in total. The molecule has 3 heteroatoms. The second-order valence-corrected chi connectivity index (χ2v) is 5.40. The number of amides is 1. The summed E-state index contributed by atoms with van der Waals surface area (Å²) in [7, 11) is 1.85. The van der Waals surface area contributed by atoms with Gasteiger partial charge in [-0.3, -0.25) is 4.79 Å². The molecule has 0 aliphatic heterocycles. The predicted molar refractivity (Wildman–Crippen MR) is 80.8 cm³/mol. The Morgan fingerprint density at radius 2 is 2.20 bits per heavy atom. The summed E-state index contributed by atoms with van der Waals surface area (Å²) in [4.78, 5) is 13.8. The molecule has 0 saturated heterocycles. The van der Waals surface area contributed by atoms with E-state index in [1.54, 1.807) is 4.90 Å². The lowest BCUT2D eigenvalue weighted by Crippen LogP contribution is -2.31. The van der Waals surface area contributed by atoms with E-state index in [1.165, 1.54) is 0 Å². The molecular weight excluding hydrogens is 250 g/mol. The number of likely N-dealkylation sites (N-methyl/N-ethyl adjacent to an activating group) is 1. The van der Waals surface area contributed by atoms with Gasteiger partial charge in [0.15, 0.2) is 0 Å². The smallest absolute Gasteiger partial charge is 0.223 e. The van der Waals surface area contributed by atoms with Crippen LogP contribution in [0.2, 0.25) is 0 Å². The number of carbonyl (C=O) groups excluding carboxylic acids is 1. The molecule has 0 saturated carbocycles. The molecule has 0 heterocycles. The minimum absolute atomic E-state index is 0.204. The molecular formula is C17H23NO2. The minimum atomic E-state index is 0.204. The van der Waals surface area contributed by atoms with E-state index >= 15 is 0 Å². The van der Waals surface area contributed by atoms with Crippen molar-refractivity contribution in [3.8, 4) is 5.75 Å². The lowest BCUT2D eigenvalue weighted by molar-refractivity contribution is -0.130. The summed E-state index contributed by atoms with van der Waals surface area (Å²) >= 11 is 0. The Bertz CT molecular complexity index is 482. The van der Waals surface area contributed by atoms with Gasteiger partial charge in [0, 0.05) is 13.5 Å². The van der Waals surface area contributed by atoms with Crippen molar-refractivity contribution < 1.29 is 9.53 Å². The number of ether oxygens (including phenoxy) is 1. The van der Waals surface area contributed by atoms with Gasteiger partial charge in [0.25, 0.3) is 0 Å². The van der Waals surface area contributed by atoms with E-state index in [0.717, 1.165) is 24.2 Å². The number of hydrogen-bond donors (Lipinski definition) is 0. The maximum atomic E-state index is 12.0. The number of allylic oxidation sites excluding steroid dienone is 2. The van der Waals surface area contributed by atoms with Gasteiger partial charge in [-0.25, -0.2) is 0 Å². The maximum Gasteiger partial charge on any atom is 0.223 e. The van der Waals surface area contributed by atoms with Crippen LogP contribution in [0.5, 0.6) is 5.75 Å². The normalized spacial score (nSPS) is 17.2. The second-order valence-electron chi connectivity index (χ2n) is 5.40. The van der Waals surface area contributed by atoms with E-state index in [9.17, 15) is 4.79 Å². The molecule has 2 rings (SSSR count). The summed E-state index contributed by atoms with van der Waals surface area (Å²) in [6, 6.07) is 7.94. The van der Waals surface area contributed by atoms with Gasteiger partial charge < -0.3 is 9.64 Å². The van der Waals surface area contributed by atoms with Crippen LogP contribution in [0.3, 0.4) is 0 Å². The van der Waals surface area contributed by atoms with Crippen molar-refractivity contribution in [2.45, 2.75) is 26.2 Å². The molecule has 1 unspecified atom stereocenters. The van der Waals surface area contributed by atoms with Crippen LogP contribution in [0, 0.1) is 12.8 Å². The number of rotatable bonds is 6. The Kier molecular flexibility index (Phi) is 5.22. The molecule has 1 aromatic rings. The maximum absolute atomic E-state index is 12.0. The lowest BCUT2D eigenvalue weighted by Gasteiger charge is -2.19. The van der Waals surface area contributed by atoms with Crippen LogP contribution in [0.25, 0.3) is 0 Å². The predicted octanol–water partition coefficient (Wildman–Crippen LogP) is 3.19. The molecule has 108 valence electrons. The third-order valence-corrected chi connectivity index (χ3v) is 3.75. The van der Waals surface area contributed by atoms with Gasteiger partial charge in [0.1, 0.15) is 12.4 Å². The van der Waals surface area contributed by atoms with Crippen molar-refractivity contribution in [3.63, 3.8) is 0 Å². The Hall–Kier alpha value is -1.77. The topological polar surface area (TPSA) is 29.5 Å². The number of benzene rings is 1. The molecule has 0 bridgehead atoms. The van der Waals surface area contributed by atoms with Crippen LogP contribution in [0.4, 0.5) is 0 Å². The van der Waals surface area contributed by atoms with E-state index in [4.69, 9.17) is 4.74 Å². The van der Waals surface area contributed by atoms with Crippen molar-refractivity contribution >= 4 is 5.91 Å². The highest BCUT2D eigenvalue weighted by Gasteiger charge is 2.16. The van der Waals surface area contributed by atoms with Crippen molar-refractivity contribution in [3.05, 3.63) is 42.0 Å². The molecule has 0 radical (unpaired) electrons. The van der Waals surface area contributed by atoms with Crippen LogP contribution < -0.4 is 4.74 Å². The van der Waals surface area contributed by atoms with Crippen molar-refractivity contribution in [1.82, 2.24) is 4.90 Å². The molecule has 1 aliphatic carbocycles. The molecule has 0 spiro atoms. The third kappa shape index (κ3) is 4.12. The fourth-order valence-corrected chi connectivity index (χ4v) is 2.38. The lowest BCUT2D eigenvalue weighted by atomic mass is 10.0. The average molecular weight is 273 g/mol. The van der Waals surface area contributed by atoms with E-state index in [2.05, 4.69) is 12.2 Å². The average Bonchev–Trinajstić information content (AvgIpc) is 2.93. The first-order valence-electron chi connectivity index (χ1n) is 7.26. The van der Waals surface area contributed by atoms with Crippen LogP contribution in [-0.4, -0.2) is 31.0 Å². The summed E-state index contributed by atoms with van der Waals surface area (Å²) < 4.78 is 5.72. The monoisotopic (exact) mass is 273 g/mol. The zero-order valence-electron chi connectivity index (χ0n) is 12.3. The summed E-state index contributed by atoms with van der Waals surface area (Å²) in [5, 5.41) is 0. The second kappa shape index (κ2) is 7.13. The van der Waals surface area contributed by atoms with Gasteiger partial charge in [0.2, 0.25) is 5.91 Å². The molecule has 0 aromatic heterocycles. The van der Waals surface area contributed by atoms with Crippen molar-refractivity contribution in [2.75, 3.05) is 20.2 Å². The SMILES string of the molecule is Cc1ccccc1OCCN(C)C(=O)CC1C=CCC1. The third-order valence-electron chi connectivity index (χ3n) is 3.75. The minimum Gasteiger partial charge on any atom is -0.491 e. The highest BCUT2D eigenvalue weighted by atomic mass is 16.5. The van der Waals surface area contributed by atoms with Crippen LogP contribution in [0.15, 0.2) is 36.4 Å². The summed E-state index contributed by atoms with van der Waals surface area (Å²) in [6.45, 7) is 3.19. The number of para-hydroxylation sites is 1. The standard InChI is InChI=1S/C17H23NO2/c1-14-7-3-6-10-16(14)20-12-11-18(2)17(19)13-15-8-4-5-9-15/h3-4,6-8,10,15H,5,9,11-13H2,1-2H3. The molecule has 3 nitrogen and oxygen atoms in total. The van der Waals surface area contributed by atoms with Crippen LogP contribution in [0.1, 0.15) is 24.8 Å². The summed E-state index contributed by atoms with van der Waals surface area (Å²) in [6.07, 6.45) is 7.17. The van der Waals surface area contributed by atoms with E-state index in [0.29, 0.717) is 25.5 Å². The Morgan fingerprint density at radius 3 is 2.90 bits per heavy atom. The summed E-state index contributed by atoms with van der Waals surface area (Å²) in [5.41, 5.74) is 1.12. The number of nitrogens with zero attached hydrogens (tertiary/aromatic N) is 1. The Balaban J connectivity index is 1.71. The van der Waals surface area contributed by atoms with Gasteiger partial charge in [0.05, 0.1) is 6.54 Å². The molecule has 1 aromatic carbocycles. The van der Waals surface area contributed by atoms with Crippen LogP contribution >= 0.6 is 0 Å². The van der Waals surface area contributed by atoms with E-state index < -0.39 is 0 Å². The largest absolute Gasteiger partial charge is 0.491 e.